The van der Waals surface area contributed by atoms with E-state index in [-0.39, 0.29) is 18.1 Å². The predicted molar refractivity (Wildman–Crippen MR) is 87.4 cm³/mol. The number of benzene rings is 1. The number of thioether (sulfide) groups is 1. The maximum absolute atomic E-state index is 12.3. The van der Waals surface area contributed by atoms with Crippen LogP contribution < -0.4 is 9.47 Å². The van der Waals surface area contributed by atoms with Gasteiger partial charge in [0.05, 0.1) is 5.75 Å². The van der Waals surface area contributed by atoms with Gasteiger partial charge in [-0.05, 0) is 30.2 Å². The van der Waals surface area contributed by atoms with Crippen LogP contribution in [0.15, 0.2) is 42.7 Å². The molecule has 2 aromatic rings. The Morgan fingerprint density at radius 3 is 2.96 bits per heavy atom. The summed E-state index contributed by atoms with van der Waals surface area (Å²) in [5.74, 6) is 2.21. The van der Waals surface area contributed by atoms with Crippen molar-refractivity contribution in [3.63, 3.8) is 0 Å². The molecule has 118 valence electrons. The number of hydrogen-bond donors (Lipinski definition) is 0. The topological polar surface area (TPSA) is 51.7 Å². The number of hydrogen-bond acceptors (Lipinski definition) is 5. The Morgan fingerprint density at radius 2 is 2.09 bits per heavy atom. The highest BCUT2D eigenvalue weighted by atomic mass is 32.2. The molecule has 3 heterocycles. The van der Waals surface area contributed by atoms with Crippen LogP contribution in [0.3, 0.4) is 0 Å². The summed E-state index contributed by atoms with van der Waals surface area (Å²) >= 11 is 1.64. The summed E-state index contributed by atoms with van der Waals surface area (Å²) < 4.78 is 11.1. The van der Waals surface area contributed by atoms with E-state index >= 15 is 0 Å². The quantitative estimate of drug-likeness (QED) is 0.863. The van der Waals surface area contributed by atoms with Gasteiger partial charge < -0.3 is 14.4 Å². The molecular weight excluding hydrogens is 312 g/mol. The molecule has 2 aliphatic rings. The lowest BCUT2D eigenvalue weighted by atomic mass is 10.1. The number of carbonyl (C=O) groups is 1. The summed E-state index contributed by atoms with van der Waals surface area (Å²) in [5.41, 5.74) is 2.20. The van der Waals surface area contributed by atoms with Gasteiger partial charge in [-0.2, -0.15) is 0 Å². The summed E-state index contributed by atoms with van der Waals surface area (Å²) in [7, 11) is 0. The van der Waals surface area contributed by atoms with Crippen molar-refractivity contribution < 1.29 is 14.3 Å². The van der Waals surface area contributed by atoms with Crippen LogP contribution in [0.2, 0.25) is 0 Å². The van der Waals surface area contributed by atoms with E-state index in [0.717, 1.165) is 23.5 Å². The number of rotatable bonds is 4. The van der Waals surface area contributed by atoms with Gasteiger partial charge in [0.1, 0.15) is 5.37 Å². The molecule has 1 aromatic heterocycles. The van der Waals surface area contributed by atoms with Crippen LogP contribution >= 0.6 is 11.8 Å². The van der Waals surface area contributed by atoms with Crippen LogP contribution in [0.25, 0.3) is 0 Å². The van der Waals surface area contributed by atoms with Gasteiger partial charge in [0.25, 0.3) is 0 Å². The number of amides is 1. The second-order valence-electron chi connectivity index (χ2n) is 5.44. The summed E-state index contributed by atoms with van der Waals surface area (Å²) in [6.45, 7) is 0.930. The van der Waals surface area contributed by atoms with Crippen molar-refractivity contribution in [2.24, 2.45) is 0 Å². The number of aromatic nitrogens is 1. The lowest BCUT2D eigenvalue weighted by Crippen LogP contribution is -2.30. The van der Waals surface area contributed by atoms with Crippen molar-refractivity contribution in [1.29, 1.82) is 0 Å². The second-order valence-corrected chi connectivity index (χ2v) is 6.51. The number of ether oxygens (including phenoxy) is 2. The van der Waals surface area contributed by atoms with Gasteiger partial charge in [-0.15, -0.1) is 11.8 Å². The Hall–Kier alpha value is -2.21. The molecule has 1 unspecified atom stereocenters. The van der Waals surface area contributed by atoms with Gasteiger partial charge in [0, 0.05) is 24.5 Å². The van der Waals surface area contributed by atoms with E-state index < -0.39 is 0 Å². The maximum Gasteiger partial charge on any atom is 0.233 e. The largest absolute Gasteiger partial charge is 0.454 e. The van der Waals surface area contributed by atoms with Gasteiger partial charge in [-0.25, -0.2) is 0 Å². The summed E-state index contributed by atoms with van der Waals surface area (Å²) in [6, 6.07) is 9.84. The van der Waals surface area contributed by atoms with Gasteiger partial charge in [-0.1, -0.05) is 12.1 Å². The molecule has 0 spiro atoms. The van der Waals surface area contributed by atoms with Crippen LogP contribution in [-0.4, -0.2) is 34.9 Å². The highest BCUT2D eigenvalue weighted by Crippen LogP contribution is 2.47. The molecule has 6 heteroatoms. The molecule has 1 atom stereocenters. The van der Waals surface area contributed by atoms with E-state index in [2.05, 4.69) is 4.98 Å². The molecular formula is C17H16N2O3S. The number of fused-ring (bicyclic) bond motifs is 1. The molecule has 23 heavy (non-hydrogen) atoms. The molecule has 5 nitrogen and oxygen atoms in total. The van der Waals surface area contributed by atoms with E-state index in [1.807, 2.05) is 35.2 Å². The van der Waals surface area contributed by atoms with Crippen LogP contribution in [-0.2, 0) is 11.2 Å². The Labute approximate surface area is 138 Å². The average molecular weight is 328 g/mol. The summed E-state index contributed by atoms with van der Waals surface area (Å²) in [4.78, 5) is 18.3. The Morgan fingerprint density at radius 1 is 1.22 bits per heavy atom. The van der Waals surface area contributed by atoms with Crippen molar-refractivity contribution in [3.05, 3.63) is 53.9 Å². The molecule has 0 N–H and O–H groups in total. The van der Waals surface area contributed by atoms with Crippen molar-refractivity contribution in [2.45, 2.75) is 11.8 Å². The molecule has 1 aromatic carbocycles. The molecule has 1 fully saturated rings. The lowest BCUT2D eigenvalue weighted by molar-refractivity contribution is -0.128. The maximum atomic E-state index is 12.3. The smallest absolute Gasteiger partial charge is 0.233 e. The third-order valence-corrected chi connectivity index (χ3v) is 5.29. The van der Waals surface area contributed by atoms with Crippen molar-refractivity contribution in [2.75, 3.05) is 19.1 Å². The van der Waals surface area contributed by atoms with Crippen LogP contribution in [0.5, 0.6) is 11.5 Å². The van der Waals surface area contributed by atoms with Crippen molar-refractivity contribution in [3.8, 4) is 11.5 Å². The van der Waals surface area contributed by atoms with E-state index in [9.17, 15) is 4.79 Å². The molecule has 0 bridgehead atoms. The van der Waals surface area contributed by atoms with Crippen molar-refractivity contribution in [1.82, 2.24) is 9.88 Å². The first kappa shape index (κ1) is 14.4. The fraction of sp³-hybridized carbons (Fsp3) is 0.294. The van der Waals surface area contributed by atoms with Crippen molar-refractivity contribution >= 4 is 17.7 Å². The molecule has 0 radical (unpaired) electrons. The first-order chi connectivity index (χ1) is 11.3. The standard InChI is InChI=1S/C17H16N2O3S/c20-15-10-23-17(13-2-1-3-14-16(13)22-11-21-14)19(15)9-6-12-4-7-18-8-5-12/h1-5,7-8,17H,6,9-11H2. The minimum atomic E-state index is -0.0130. The molecule has 1 saturated heterocycles. The minimum Gasteiger partial charge on any atom is -0.454 e. The van der Waals surface area contributed by atoms with E-state index in [1.54, 1.807) is 24.2 Å². The van der Waals surface area contributed by atoms with E-state index in [4.69, 9.17) is 9.47 Å². The molecule has 0 aliphatic carbocycles. The fourth-order valence-electron chi connectivity index (χ4n) is 2.90. The number of pyridine rings is 1. The average Bonchev–Trinajstić information content (AvgIpc) is 3.20. The third-order valence-electron chi connectivity index (χ3n) is 4.05. The zero-order chi connectivity index (χ0) is 15.6. The number of para-hydroxylation sites is 1. The van der Waals surface area contributed by atoms with Gasteiger partial charge in [0.15, 0.2) is 11.5 Å². The second kappa shape index (κ2) is 6.12. The summed E-state index contributed by atoms with van der Waals surface area (Å²) in [6.07, 6.45) is 4.38. The fourth-order valence-corrected chi connectivity index (χ4v) is 4.13. The first-order valence-corrected chi connectivity index (χ1v) is 8.56. The van der Waals surface area contributed by atoms with Crippen LogP contribution in [0.4, 0.5) is 0 Å². The van der Waals surface area contributed by atoms with Crippen LogP contribution in [0.1, 0.15) is 16.5 Å². The first-order valence-electron chi connectivity index (χ1n) is 7.51. The third kappa shape index (κ3) is 2.74. The zero-order valence-electron chi connectivity index (χ0n) is 12.5. The van der Waals surface area contributed by atoms with Gasteiger partial charge >= 0.3 is 0 Å². The molecule has 0 saturated carbocycles. The molecule has 4 rings (SSSR count). The monoisotopic (exact) mass is 328 g/mol. The highest BCUT2D eigenvalue weighted by Gasteiger charge is 2.35. The Bertz CT molecular complexity index is 723. The summed E-state index contributed by atoms with van der Waals surface area (Å²) in [5, 5.41) is -0.0130. The van der Waals surface area contributed by atoms with E-state index in [1.165, 1.54) is 5.56 Å². The molecule has 2 aliphatic heterocycles. The van der Waals surface area contributed by atoms with Gasteiger partial charge in [-0.3, -0.25) is 9.78 Å². The minimum absolute atomic E-state index is 0.0130. The molecule has 1 amide bonds. The number of carbonyl (C=O) groups excluding carboxylic acids is 1. The SMILES string of the molecule is O=C1CSC(c2cccc3c2OCO3)N1CCc1ccncc1. The zero-order valence-corrected chi connectivity index (χ0v) is 13.3. The normalized spacial score (nSPS) is 19.4. The predicted octanol–water partition coefficient (Wildman–Crippen LogP) is 2.63. The number of nitrogens with zero attached hydrogens (tertiary/aromatic N) is 2. The highest BCUT2D eigenvalue weighted by molar-refractivity contribution is 8.00. The van der Waals surface area contributed by atoms with E-state index in [0.29, 0.717) is 12.3 Å². The Kier molecular flexibility index (Phi) is 3.83. The lowest BCUT2D eigenvalue weighted by Gasteiger charge is -2.25. The van der Waals surface area contributed by atoms with Gasteiger partial charge in [0.2, 0.25) is 12.7 Å². The Balaban J connectivity index is 1.56. The van der Waals surface area contributed by atoms with Crippen LogP contribution in [0, 0.1) is 0 Å².